The molecule has 0 saturated carbocycles. The van der Waals surface area contributed by atoms with Crippen LogP contribution in [0.2, 0.25) is 0 Å². The zero-order valence-electron chi connectivity index (χ0n) is 38.9. The van der Waals surface area contributed by atoms with Gasteiger partial charge in [-0.05, 0) is 163 Å². The number of nitrogens with zero attached hydrogens (tertiary/aromatic N) is 1. The largest absolute Gasteiger partial charge is 0.355 e. The van der Waals surface area contributed by atoms with Gasteiger partial charge in [0.15, 0.2) is 7.28 Å². The predicted octanol–water partition coefficient (Wildman–Crippen LogP) is 14.4. The molecule has 0 atom stereocenters. The molecule has 3 aliphatic carbocycles. The van der Waals surface area contributed by atoms with Crippen molar-refractivity contribution in [2.24, 2.45) is 0 Å². The minimum atomic E-state index is 0.0549. The van der Waals surface area contributed by atoms with E-state index in [2.05, 4.69) is 191 Å². The summed E-state index contributed by atoms with van der Waals surface area (Å²) in [7, 11) is 2.58. The summed E-state index contributed by atoms with van der Waals surface area (Å²) in [5.74, 6) is 0. The van der Waals surface area contributed by atoms with E-state index in [4.69, 9.17) is 0 Å². The van der Waals surface area contributed by atoms with Gasteiger partial charge < -0.3 is 9.88 Å². The molecule has 3 heteroatoms. The van der Waals surface area contributed by atoms with E-state index < -0.39 is 0 Å². The van der Waals surface area contributed by atoms with Crippen LogP contribution in [0.1, 0.15) is 155 Å². The number of aromatic nitrogens is 1. The molecule has 0 fully saturated rings. The Morgan fingerprint density at radius 1 is 0.475 bits per heavy atom. The highest BCUT2D eigenvalue weighted by molar-refractivity contribution is 6.74. The van der Waals surface area contributed by atoms with Crippen LogP contribution in [-0.4, -0.2) is 11.8 Å². The van der Waals surface area contributed by atoms with Crippen molar-refractivity contribution in [2.75, 3.05) is 5.32 Å². The highest BCUT2D eigenvalue weighted by atomic mass is 15.0. The number of rotatable bonds is 3. The van der Waals surface area contributed by atoms with Gasteiger partial charge >= 0.3 is 0 Å². The monoisotopic (exact) mass is 800 g/mol. The molecular formula is C58H64BN2. The fourth-order valence-corrected chi connectivity index (χ4v) is 12.5. The molecule has 309 valence electrons. The Morgan fingerprint density at radius 2 is 0.967 bits per heavy atom. The van der Waals surface area contributed by atoms with Crippen LogP contribution >= 0.6 is 0 Å². The van der Waals surface area contributed by atoms with Crippen LogP contribution in [0.4, 0.5) is 11.4 Å². The van der Waals surface area contributed by atoms with Crippen molar-refractivity contribution in [1.29, 1.82) is 0 Å². The van der Waals surface area contributed by atoms with Gasteiger partial charge in [-0.15, -0.1) is 0 Å². The average molecular weight is 800 g/mol. The highest BCUT2D eigenvalue weighted by Gasteiger charge is 2.42. The van der Waals surface area contributed by atoms with E-state index in [1.54, 1.807) is 0 Å². The number of benzene rings is 6. The topological polar surface area (TPSA) is 17.0 Å². The Kier molecular flexibility index (Phi) is 7.99. The zero-order valence-corrected chi connectivity index (χ0v) is 38.9. The molecule has 1 radical (unpaired) electrons. The van der Waals surface area contributed by atoms with E-state index in [0.717, 1.165) is 0 Å². The number of nitrogens with one attached hydrogen (secondary N) is 1. The van der Waals surface area contributed by atoms with Gasteiger partial charge in [-0.25, -0.2) is 0 Å². The van der Waals surface area contributed by atoms with E-state index in [1.807, 2.05) is 0 Å². The summed E-state index contributed by atoms with van der Waals surface area (Å²) < 4.78 is 2.65. The molecule has 0 saturated heterocycles. The smallest absolute Gasteiger partial charge is 0.197 e. The lowest BCUT2D eigenvalue weighted by Gasteiger charge is -2.43. The average Bonchev–Trinajstić information content (AvgIpc) is 3.56. The summed E-state index contributed by atoms with van der Waals surface area (Å²) in [5.41, 5.74) is 21.2. The Bertz CT molecular complexity index is 3030. The maximum Gasteiger partial charge on any atom is 0.197 e. The molecule has 0 bridgehead atoms. The Balaban J connectivity index is 1.25. The van der Waals surface area contributed by atoms with Crippen molar-refractivity contribution in [3.63, 3.8) is 0 Å². The second kappa shape index (κ2) is 12.5. The molecule has 1 N–H and O–H groups in total. The minimum absolute atomic E-state index is 0.0549. The number of anilines is 2. The number of hydrogen-bond acceptors (Lipinski definition) is 1. The first-order valence-corrected chi connectivity index (χ1v) is 23.3. The molecule has 0 spiro atoms. The van der Waals surface area contributed by atoms with E-state index >= 15 is 0 Å². The first kappa shape index (κ1) is 39.1. The van der Waals surface area contributed by atoms with Crippen molar-refractivity contribution in [3.8, 4) is 16.8 Å². The van der Waals surface area contributed by atoms with Crippen LogP contribution in [0.5, 0.6) is 0 Å². The third-order valence-electron chi connectivity index (χ3n) is 16.8. The van der Waals surface area contributed by atoms with E-state index in [1.165, 1.54) is 144 Å². The number of hydrogen-bond donors (Lipinski definition) is 1. The van der Waals surface area contributed by atoms with Crippen LogP contribution in [-0.2, 0) is 32.5 Å². The predicted molar refractivity (Wildman–Crippen MR) is 264 cm³/mol. The number of para-hydroxylation sites is 1. The van der Waals surface area contributed by atoms with Crippen LogP contribution in [0.3, 0.4) is 0 Å². The fourth-order valence-electron chi connectivity index (χ4n) is 12.5. The van der Waals surface area contributed by atoms with E-state index in [9.17, 15) is 0 Å². The summed E-state index contributed by atoms with van der Waals surface area (Å²) in [6, 6.07) is 36.1. The van der Waals surface area contributed by atoms with E-state index in [-0.39, 0.29) is 32.5 Å². The molecule has 6 aromatic carbocycles. The lowest BCUT2D eigenvalue weighted by molar-refractivity contribution is 0.332. The Hall–Kier alpha value is -4.76. The fraction of sp³-hybridized carbons (Fsp3) is 0.414. The maximum atomic E-state index is 4.18. The van der Waals surface area contributed by atoms with Gasteiger partial charge in [0.2, 0.25) is 0 Å². The van der Waals surface area contributed by atoms with Crippen molar-refractivity contribution >= 4 is 62.2 Å². The molecule has 1 aromatic heterocycles. The maximum absolute atomic E-state index is 4.18. The number of fused-ring (bicyclic) bond motifs is 10. The normalized spacial score (nSPS) is 20.7. The van der Waals surface area contributed by atoms with Crippen molar-refractivity contribution in [1.82, 2.24) is 4.57 Å². The van der Waals surface area contributed by atoms with Gasteiger partial charge in [-0.2, -0.15) is 0 Å². The molecule has 4 aliphatic rings. The van der Waals surface area contributed by atoms with E-state index in [0.29, 0.717) is 0 Å². The Labute approximate surface area is 365 Å². The van der Waals surface area contributed by atoms with Crippen LogP contribution in [0.15, 0.2) is 91.0 Å². The van der Waals surface area contributed by atoms with Crippen LogP contribution < -0.4 is 16.2 Å². The molecule has 7 aromatic rings. The van der Waals surface area contributed by atoms with Gasteiger partial charge in [0.25, 0.3) is 0 Å². The lowest BCUT2D eigenvalue weighted by atomic mass is 9.55. The standard InChI is InChI=1S/C58H64BN2/c1-53(2)23-24-54(3,4)40-29-34(21-22-39(40)53)60-46-32-43-41(55(5,6)25-27-57(43,9)10)30-38(46)49-35-17-13-14-18-36(35)50-37-19-15-16-20-47(37)61-48-33-44-42(31-45(48)59-51(49)52(50)61)56(7,8)26-28-58(44,11)12/h13-22,29-33,60H,23-28H2,1-12H3. The van der Waals surface area contributed by atoms with Crippen molar-refractivity contribution < 1.29 is 0 Å². The third kappa shape index (κ3) is 5.60. The second-order valence-corrected chi connectivity index (χ2v) is 23.6. The summed E-state index contributed by atoms with van der Waals surface area (Å²) >= 11 is 0. The minimum Gasteiger partial charge on any atom is -0.355 e. The molecule has 0 unspecified atom stereocenters. The SMILES string of the molecule is CC1(C)CCC(C)(C)c2cc(Nc3cc4c(cc3-c3c5c6c(c7ccccc37)c3ccccc3n6-c3cc6c(cc3[B]5)C(C)(C)CCC6(C)C)C(C)(C)CCC4(C)C)ccc21. The molecule has 2 nitrogen and oxygen atoms in total. The van der Waals surface area contributed by atoms with Crippen LogP contribution in [0.25, 0.3) is 49.4 Å². The second-order valence-electron chi connectivity index (χ2n) is 23.6. The first-order chi connectivity index (χ1) is 28.7. The van der Waals surface area contributed by atoms with Gasteiger partial charge in [0.1, 0.15) is 0 Å². The van der Waals surface area contributed by atoms with Crippen molar-refractivity contribution in [2.45, 2.75) is 154 Å². The first-order valence-electron chi connectivity index (χ1n) is 23.3. The molecule has 0 amide bonds. The Morgan fingerprint density at radius 3 is 1.59 bits per heavy atom. The van der Waals surface area contributed by atoms with Gasteiger partial charge in [-0.1, -0.05) is 143 Å². The van der Waals surface area contributed by atoms with Gasteiger partial charge in [0, 0.05) is 38.9 Å². The molecular weight excluding hydrogens is 735 g/mol. The van der Waals surface area contributed by atoms with Crippen molar-refractivity contribution in [3.05, 3.63) is 124 Å². The summed E-state index contributed by atoms with van der Waals surface area (Å²) in [5, 5.41) is 9.51. The molecule has 1 aliphatic heterocycles. The third-order valence-corrected chi connectivity index (χ3v) is 16.8. The van der Waals surface area contributed by atoms with Gasteiger partial charge in [-0.3, -0.25) is 0 Å². The quantitative estimate of drug-likeness (QED) is 0.176. The molecule has 61 heavy (non-hydrogen) atoms. The zero-order chi connectivity index (χ0) is 42.8. The summed E-state index contributed by atoms with van der Waals surface area (Å²) in [4.78, 5) is 0. The van der Waals surface area contributed by atoms with Crippen LogP contribution in [0, 0.1) is 0 Å². The highest BCUT2D eigenvalue weighted by Crippen LogP contribution is 2.53. The molecule has 2 heterocycles. The summed E-state index contributed by atoms with van der Waals surface area (Å²) in [6.07, 6.45) is 7.16. The lowest BCUT2D eigenvalue weighted by Crippen LogP contribution is -2.41. The summed E-state index contributed by atoms with van der Waals surface area (Å²) in [6.45, 7) is 29.5. The van der Waals surface area contributed by atoms with Gasteiger partial charge in [0.05, 0.1) is 5.52 Å². The molecule has 11 rings (SSSR count).